The Kier molecular flexibility index (Phi) is 11.2. The molecule has 0 aromatic rings. The van der Waals surface area contributed by atoms with Gasteiger partial charge in [-0.25, -0.2) is 0 Å². The van der Waals surface area contributed by atoms with Crippen molar-refractivity contribution >= 4 is 0 Å². The van der Waals surface area contributed by atoms with Gasteiger partial charge in [-0.05, 0) is 18.8 Å². The molecule has 0 aromatic heterocycles. The van der Waals surface area contributed by atoms with Crippen molar-refractivity contribution in [3.05, 3.63) is 0 Å². The standard InChI is InChI=1S/C19H38O3/c20-15-18-13-11-9-7-5-3-1-2-4-6-8-10-12-14-19(18,16-21)17-22/h18,20-22H,1-17H2. The molecular weight excluding hydrogens is 276 g/mol. The Bertz CT molecular complexity index is 251. The van der Waals surface area contributed by atoms with E-state index in [2.05, 4.69) is 0 Å². The van der Waals surface area contributed by atoms with Crippen molar-refractivity contribution in [2.24, 2.45) is 11.3 Å². The van der Waals surface area contributed by atoms with E-state index in [0.29, 0.717) is 0 Å². The van der Waals surface area contributed by atoms with Crippen LogP contribution in [0.5, 0.6) is 0 Å². The Morgan fingerprint density at radius 2 is 1.00 bits per heavy atom. The summed E-state index contributed by atoms with van der Waals surface area (Å²) in [6.07, 6.45) is 17.0. The fourth-order valence-electron chi connectivity index (χ4n) is 3.90. The molecule has 0 saturated heterocycles. The fraction of sp³-hybridized carbons (Fsp3) is 1.00. The van der Waals surface area contributed by atoms with E-state index < -0.39 is 5.41 Å². The molecule has 3 nitrogen and oxygen atoms in total. The summed E-state index contributed by atoms with van der Waals surface area (Å²) in [7, 11) is 0. The van der Waals surface area contributed by atoms with Crippen molar-refractivity contribution in [1.82, 2.24) is 0 Å². The zero-order chi connectivity index (χ0) is 16.1. The van der Waals surface area contributed by atoms with Crippen molar-refractivity contribution in [3.63, 3.8) is 0 Å². The van der Waals surface area contributed by atoms with E-state index in [-0.39, 0.29) is 25.7 Å². The molecule has 0 amide bonds. The van der Waals surface area contributed by atoms with E-state index in [4.69, 9.17) is 0 Å². The number of hydrogen-bond donors (Lipinski definition) is 3. The van der Waals surface area contributed by atoms with Gasteiger partial charge in [0.2, 0.25) is 0 Å². The summed E-state index contributed by atoms with van der Waals surface area (Å²) < 4.78 is 0. The minimum Gasteiger partial charge on any atom is -0.396 e. The number of rotatable bonds is 3. The SMILES string of the molecule is OCC1CCCCCCCCCCCCCCC1(CO)CO. The molecule has 0 radical (unpaired) electrons. The third-order valence-corrected chi connectivity index (χ3v) is 5.69. The molecule has 0 aromatic carbocycles. The van der Waals surface area contributed by atoms with Crippen LogP contribution >= 0.6 is 0 Å². The topological polar surface area (TPSA) is 60.7 Å². The molecule has 1 fully saturated rings. The summed E-state index contributed by atoms with van der Waals surface area (Å²) in [6.45, 7) is 0.0740. The van der Waals surface area contributed by atoms with Gasteiger partial charge in [0.15, 0.2) is 0 Å². The summed E-state index contributed by atoms with van der Waals surface area (Å²) in [5, 5.41) is 29.5. The average Bonchev–Trinajstić information content (AvgIpc) is 2.55. The van der Waals surface area contributed by atoms with Gasteiger partial charge >= 0.3 is 0 Å². The van der Waals surface area contributed by atoms with Crippen LogP contribution in [-0.4, -0.2) is 35.1 Å². The first-order valence-corrected chi connectivity index (χ1v) is 9.61. The molecule has 1 rings (SSSR count). The average molecular weight is 315 g/mol. The Hall–Kier alpha value is -0.120. The molecule has 0 heterocycles. The van der Waals surface area contributed by atoms with Gasteiger partial charge < -0.3 is 15.3 Å². The fourth-order valence-corrected chi connectivity index (χ4v) is 3.90. The molecule has 1 aliphatic carbocycles. The van der Waals surface area contributed by atoms with Crippen LogP contribution in [0.3, 0.4) is 0 Å². The molecule has 0 aliphatic heterocycles. The molecule has 0 bridgehead atoms. The van der Waals surface area contributed by atoms with E-state index in [1.54, 1.807) is 0 Å². The zero-order valence-electron chi connectivity index (χ0n) is 14.4. The summed E-state index contributed by atoms with van der Waals surface area (Å²) in [5.74, 6) is 0.0374. The molecule has 1 saturated carbocycles. The van der Waals surface area contributed by atoms with Crippen molar-refractivity contribution < 1.29 is 15.3 Å². The number of aliphatic hydroxyl groups excluding tert-OH is 3. The maximum atomic E-state index is 9.86. The second kappa shape index (κ2) is 12.3. The lowest BCUT2D eigenvalue weighted by molar-refractivity contribution is -0.0304. The molecular formula is C19H38O3. The third kappa shape index (κ3) is 6.97. The van der Waals surface area contributed by atoms with Crippen LogP contribution in [0.2, 0.25) is 0 Å². The minimum atomic E-state index is -0.480. The van der Waals surface area contributed by atoms with Gasteiger partial charge in [0.25, 0.3) is 0 Å². The first-order chi connectivity index (χ1) is 10.8. The van der Waals surface area contributed by atoms with Gasteiger partial charge in [-0.3, -0.25) is 0 Å². The van der Waals surface area contributed by atoms with Crippen LogP contribution in [0.4, 0.5) is 0 Å². The summed E-state index contributed by atoms with van der Waals surface area (Å²) in [4.78, 5) is 0. The Balaban J connectivity index is 2.56. The maximum Gasteiger partial charge on any atom is 0.0512 e. The third-order valence-electron chi connectivity index (χ3n) is 5.69. The molecule has 1 unspecified atom stereocenters. The predicted molar refractivity (Wildman–Crippen MR) is 91.8 cm³/mol. The van der Waals surface area contributed by atoms with Crippen LogP contribution < -0.4 is 0 Å². The molecule has 0 spiro atoms. The van der Waals surface area contributed by atoms with Gasteiger partial charge in [-0.1, -0.05) is 77.0 Å². The highest BCUT2D eigenvalue weighted by molar-refractivity contribution is 4.85. The normalized spacial score (nSPS) is 26.6. The zero-order valence-corrected chi connectivity index (χ0v) is 14.4. The second-order valence-corrected chi connectivity index (χ2v) is 7.34. The number of hydrogen-bond acceptors (Lipinski definition) is 3. The molecule has 3 N–H and O–H groups in total. The van der Waals surface area contributed by atoms with E-state index in [9.17, 15) is 15.3 Å². The highest BCUT2D eigenvalue weighted by Gasteiger charge is 2.36. The first-order valence-electron chi connectivity index (χ1n) is 9.61. The summed E-state index contributed by atoms with van der Waals surface area (Å²) >= 11 is 0. The largest absolute Gasteiger partial charge is 0.396 e. The molecule has 132 valence electrons. The van der Waals surface area contributed by atoms with Gasteiger partial charge in [-0.2, -0.15) is 0 Å². The van der Waals surface area contributed by atoms with Crippen LogP contribution in [0, 0.1) is 11.3 Å². The Morgan fingerprint density at radius 1 is 0.591 bits per heavy atom. The lowest BCUT2D eigenvalue weighted by Crippen LogP contribution is -2.40. The molecule has 1 aliphatic rings. The van der Waals surface area contributed by atoms with E-state index >= 15 is 0 Å². The summed E-state index contributed by atoms with van der Waals surface area (Å²) in [6, 6.07) is 0. The predicted octanol–water partition coefficient (Wildman–Crippen LogP) is 4.04. The highest BCUT2D eigenvalue weighted by Crippen LogP contribution is 2.36. The molecule has 22 heavy (non-hydrogen) atoms. The van der Waals surface area contributed by atoms with Gasteiger partial charge in [0.05, 0.1) is 13.2 Å². The quantitative estimate of drug-likeness (QED) is 0.737. The number of aliphatic hydroxyl groups is 3. The van der Waals surface area contributed by atoms with Crippen LogP contribution in [0.1, 0.15) is 89.9 Å². The highest BCUT2D eigenvalue weighted by atomic mass is 16.3. The van der Waals surface area contributed by atoms with Crippen LogP contribution in [0.25, 0.3) is 0 Å². The van der Waals surface area contributed by atoms with E-state index in [1.165, 1.54) is 64.2 Å². The lowest BCUT2D eigenvalue weighted by Gasteiger charge is -2.37. The van der Waals surface area contributed by atoms with Gasteiger partial charge in [0.1, 0.15) is 0 Å². The van der Waals surface area contributed by atoms with Crippen molar-refractivity contribution in [1.29, 1.82) is 0 Å². The summed E-state index contributed by atoms with van der Waals surface area (Å²) in [5.41, 5.74) is -0.480. The first kappa shape index (κ1) is 19.9. The van der Waals surface area contributed by atoms with Crippen molar-refractivity contribution in [3.8, 4) is 0 Å². The molecule has 1 atom stereocenters. The van der Waals surface area contributed by atoms with E-state index in [0.717, 1.165) is 25.7 Å². The van der Waals surface area contributed by atoms with Gasteiger partial charge in [0, 0.05) is 12.0 Å². The second-order valence-electron chi connectivity index (χ2n) is 7.34. The maximum absolute atomic E-state index is 9.86. The van der Waals surface area contributed by atoms with E-state index in [1.807, 2.05) is 0 Å². The van der Waals surface area contributed by atoms with Crippen LogP contribution in [-0.2, 0) is 0 Å². The van der Waals surface area contributed by atoms with Gasteiger partial charge in [-0.15, -0.1) is 0 Å². The Morgan fingerprint density at radius 3 is 1.41 bits per heavy atom. The van der Waals surface area contributed by atoms with Crippen molar-refractivity contribution in [2.75, 3.05) is 19.8 Å². The Labute approximate surface area is 137 Å². The smallest absolute Gasteiger partial charge is 0.0512 e. The lowest BCUT2D eigenvalue weighted by atomic mass is 9.71. The van der Waals surface area contributed by atoms with Crippen molar-refractivity contribution in [2.45, 2.75) is 89.9 Å². The minimum absolute atomic E-state index is 0.00523. The molecule has 3 heteroatoms. The monoisotopic (exact) mass is 314 g/mol. The van der Waals surface area contributed by atoms with Crippen LogP contribution in [0.15, 0.2) is 0 Å².